The third kappa shape index (κ3) is 6.73. The molecule has 0 saturated heterocycles. The zero-order chi connectivity index (χ0) is 23.8. The molecule has 3 aromatic carbocycles. The van der Waals surface area contributed by atoms with E-state index in [4.69, 9.17) is 0 Å². The van der Waals surface area contributed by atoms with Gasteiger partial charge < -0.3 is 0 Å². The van der Waals surface area contributed by atoms with E-state index in [2.05, 4.69) is 62.1 Å². The molecule has 0 nitrogen and oxygen atoms in total. The molecule has 1 aliphatic rings. The lowest BCUT2D eigenvalue weighted by molar-refractivity contribution is 0.278. The van der Waals surface area contributed by atoms with Gasteiger partial charge in [-0.2, -0.15) is 0 Å². The number of benzene rings is 3. The molecule has 0 spiro atoms. The predicted octanol–water partition coefficient (Wildman–Crippen LogP) is 9.26. The Kier molecular flexibility index (Phi) is 8.81. The van der Waals surface area contributed by atoms with Crippen LogP contribution in [-0.2, 0) is 12.8 Å². The van der Waals surface area contributed by atoms with Crippen LogP contribution in [0.4, 0.5) is 4.39 Å². The summed E-state index contributed by atoms with van der Waals surface area (Å²) in [6.07, 6.45) is 14.1. The maximum Gasteiger partial charge on any atom is 0.146 e. The first-order valence-electron chi connectivity index (χ1n) is 13.4. The molecule has 0 radical (unpaired) electrons. The van der Waals surface area contributed by atoms with Crippen molar-refractivity contribution in [2.75, 3.05) is 0 Å². The van der Waals surface area contributed by atoms with Crippen LogP contribution in [0.15, 0.2) is 54.6 Å². The summed E-state index contributed by atoms with van der Waals surface area (Å²) in [6.45, 7) is 4.61. The van der Waals surface area contributed by atoms with Gasteiger partial charge in [-0.25, -0.2) is 4.39 Å². The van der Waals surface area contributed by atoms with Gasteiger partial charge in [-0.3, -0.25) is 0 Å². The molecule has 0 N–H and O–H groups in total. The molecule has 0 heterocycles. The lowest BCUT2D eigenvalue weighted by Gasteiger charge is -2.26. The van der Waals surface area contributed by atoms with Crippen molar-refractivity contribution in [3.63, 3.8) is 0 Å². The molecule has 1 heteroatoms. The van der Waals surface area contributed by atoms with E-state index in [1.54, 1.807) is 0 Å². The fraction of sp³-hybridized carbons (Fsp3) is 0.455. The van der Waals surface area contributed by atoms with Gasteiger partial charge in [-0.15, -0.1) is 0 Å². The van der Waals surface area contributed by atoms with Gasteiger partial charge in [0, 0.05) is 10.9 Å². The molecule has 1 fully saturated rings. The van der Waals surface area contributed by atoms with Crippen LogP contribution < -0.4 is 0 Å². The Morgan fingerprint density at radius 1 is 0.794 bits per heavy atom. The van der Waals surface area contributed by atoms with Crippen LogP contribution >= 0.6 is 0 Å². The largest absolute Gasteiger partial charge is 0.205 e. The van der Waals surface area contributed by atoms with Crippen molar-refractivity contribution in [2.45, 2.75) is 84.5 Å². The van der Waals surface area contributed by atoms with E-state index in [1.165, 1.54) is 68.9 Å². The summed E-state index contributed by atoms with van der Waals surface area (Å²) in [7, 11) is 0. The summed E-state index contributed by atoms with van der Waals surface area (Å²) in [5, 5.41) is 1.63. The number of halogens is 1. The van der Waals surface area contributed by atoms with Crippen LogP contribution in [0.2, 0.25) is 0 Å². The molecule has 34 heavy (non-hydrogen) atoms. The quantitative estimate of drug-likeness (QED) is 0.235. The zero-order valence-electron chi connectivity index (χ0n) is 21.0. The van der Waals surface area contributed by atoms with Crippen LogP contribution in [0.3, 0.4) is 0 Å². The van der Waals surface area contributed by atoms with Crippen molar-refractivity contribution in [2.24, 2.45) is 11.8 Å². The van der Waals surface area contributed by atoms with Gasteiger partial charge in [-0.05, 0) is 72.2 Å². The average Bonchev–Trinajstić information content (AvgIpc) is 2.86. The van der Waals surface area contributed by atoms with Crippen molar-refractivity contribution < 1.29 is 4.39 Å². The molecule has 0 atom stereocenters. The minimum Gasteiger partial charge on any atom is -0.205 e. The highest BCUT2D eigenvalue weighted by Gasteiger charge is 2.17. The summed E-state index contributed by atoms with van der Waals surface area (Å²) in [5.41, 5.74) is 4.09. The maximum absolute atomic E-state index is 15.1. The van der Waals surface area contributed by atoms with E-state index in [0.717, 1.165) is 35.6 Å². The van der Waals surface area contributed by atoms with Crippen molar-refractivity contribution in [1.29, 1.82) is 0 Å². The Labute approximate surface area is 206 Å². The Balaban J connectivity index is 1.37. The van der Waals surface area contributed by atoms with E-state index in [1.807, 2.05) is 18.2 Å². The van der Waals surface area contributed by atoms with Crippen molar-refractivity contribution >= 4 is 10.8 Å². The lowest BCUT2D eigenvalue weighted by Crippen LogP contribution is -2.12. The number of unbranched alkanes of at least 4 members (excludes halogenated alkanes) is 3. The maximum atomic E-state index is 15.1. The van der Waals surface area contributed by atoms with Crippen LogP contribution in [0.5, 0.6) is 0 Å². The molecule has 4 rings (SSSR count). The van der Waals surface area contributed by atoms with Crippen molar-refractivity contribution in [1.82, 2.24) is 0 Å². The first-order valence-corrected chi connectivity index (χ1v) is 13.4. The lowest BCUT2D eigenvalue weighted by atomic mass is 9.80. The summed E-state index contributed by atoms with van der Waals surface area (Å²) in [6, 6.07) is 18.5. The van der Waals surface area contributed by atoms with Crippen molar-refractivity contribution in [3.8, 4) is 11.8 Å². The Morgan fingerprint density at radius 3 is 2.32 bits per heavy atom. The number of hydrogen-bond donors (Lipinski definition) is 0. The van der Waals surface area contributed by atoms with E-state index in [9.17, 15) is 0 Å². The van der Waals surface area contributed by atoms with Gasteiger partial charge in [-0.1, -0.05) is 107 Å². The Morgan fingerprint density at radius 2 is 1.56 bits per heavy atom. The normalized spacial score (nSPS) is 18.0. The highest BCUT2D eigenvalue weighted by Crippen LogP contribution is 2.31. The topological polar surface area (TPSA) is 0 Å². The van der Waals surface area contributed by atoms with E-state index >= 15 is 4.39 Å². The van der Waals surface area contributed by atoms with Crippen LogP contribution in [0.1, 0.15) is 93.9 Å². The standard InChI is InChI=1S/C33H39F/c1-3-4-5-6-7-29-19-23-32-31(24-29)22-21-30(33(32)34)20-18-28-16-14-27(15-17-28)13-12-26-10-8-25(2)9-11-26/h14-17,19,21-26H,3-13H2,1-2H3. The summed E-state index contributed by atoms with van der Waals surface area (Å²) < 4.78 is 15.1. The molecule has 1 saturated carbocycles. The third-order valence-electron chi connectivity index (χ3n) is 7.61. The Bertz CT molecular complexity index is 1120. The second kappa shape index (κ2) is 12.2. The minimum absolute atomic E-state index is 0.207. The molecule has 0 amide bonds. The molecule has 1 aliphatic carbocycles. The van der Waals surface area contributed by atoms with Crippen LogP contribution in [-0.4, -0.2) is 0 Å². The fourth-order valence-corrected chi connectivity index (χ4v) is 5.23. The van der Waals surface area contributed by atoms with Gasteiger partial charge in [0.2, 0.25) is 0 Å². The van der Waals surface area contributed by atoms with Gasteiger partial charge in [0.25, 0.3) is 0 Å². The predicted molar refractivity (Wildman–Crippen MR) is 144 cm³/mol. The fourth-order valence-electron chi connectivity index (χ4n) is 5.23. The average molecular weight is 455 g/mol. The third-order valence-corrected chi connectivity index (χ3v) is 7.61. The zero-order valence-corrected chi connectivity index (χ0v) is 21.0. The second-order valence-corrected chi connectivity index (χ2v) is 10.4. The van der Waals surface area contributed by atoms with E-state index in [-0.39, 0.29) is 5.82 Å². The molecule has 3 aromatic rings. The second-order valence-electron chi connectivity index (χ2n) is 10.4. The van der Waals surface area contributed by atoms with Crippen molar-refractivity contribution in [3.05, 3.63) is 82.7 Å². The molecule has 178 valence electrons. The summed E-state index contributed by atoms with van der Waals surface area (Å²) >= 11 is 0. The number of aryl methyl sites for hydroxylation is 2. The number of hydrogen-bond acceptors (Lipinski definition) is 0. The van der Waals surface area contributed by atoms with Gasteiger partial charge in [0.05, 0.1) is 5.56 Å². The number of fused-ring (bicyclic) bond motifs is 1. The first-order chi connectivity index (χ1) is 16.6. The van der Waals surface area contributed by atoms with Crippen LogP contribution in [0, 0.1) is 29.5 Å². The molecule has 0 unspecified atom stereocenters. The van der Waals surface area contributed by atoms with Crippen LogP contribution in [0.25, 0.3) is 10.8 Å². The highest BCUT2D eigenvalue weighted by atomic mass is 19.1. The summed E-state index contributed by atoms with van der Waals surface area (Å²) in [5.74, 6) is 7.83. The summed E-state index contributed by atoms with van der Waals surface area (Å²) in [4.78, 5) is 0. The number of rotatable bonds is 8. The molecule has 0 bridgehead atoms. The smallest absolute Gasteiger partial charge is 0.146 e. The van der Waals surface area contributed by atoms with E-state index in [0.29, 0.717) is 10.9 Å². The first kappa shape index (κ1) is 24.5. The van der Waals surface area contributed by atoms with Gasteiger partial charge >= 0.3 is 0 Å². The van der Waals surface area contributed by atoms with Gasteiger partial charge in [0.1, 0.15) is 5.82 Å². The monoisotopic (exact) mass is 454 g/mol. The highest BCUT2D eigenvalue weighted by molar-refractivity contribution is 5.85. The molecule has 0 aromatic heterocycles. The molecular formula is C33H39F. The van der Waals surface area contributed by atoms with Gasteiger partial charge in [0.15, 0.2) is 0 Å². The molecular weight excluding hydrogens is 415 g/mol. The SMILES string of the molecule is CCCCCCc1ccc2c(F)c(C#Cc3ccc(CCC4CCC(C)CC4)cc3)ccc2c1. The molecule has 0 aliphatic heterocycles. The Hall–Kier alpha value is -2.59. The minimum atomic E-state index is -0.207. The van der Waals surface area contributed by atoms with E-state index < -0.39 is 0 Å².